The van der Waals surface area contributed by atoms with Crippen LogP contribution >= 0.6 is 0 Å². The van der Waals surface area contributed by atoms with Gasteiger partial charge in [0.2, 0.25) is 0 Å². The van der Waals surface area contributed by atoms with Gasteiger partial charge in [-0.25, -0.2) is 0 Å². The van der Waals surface area contributed by atoms with Crippen LogP contribution in [0.1, 0.15) is 16.7 Å². The Morgan fingerprint density at radius 2 is 1.86 bits per heavy atom. The number of hydrogen-bond donors (Lipinski definition) is 0. The Hall–Kier alpha value is -2.22. The molecule has 2 heteroatoms. The summed E-state index contributed by atoms with van der Waals surface area (Å²) in [5.74, 6) is 1.04. The lowest BCUT2D eigenvalue weighted by Crippen LogP contribution is -2.31. The van der Waals surface area contributed by atoms with E-state index in [0.717, 1.165) is 18.8 Å². The minimum absolute atomic E-state index is 1.01. The molecule has 3 rings (SSSR count). The zero-order chi connectivity index (χ0) is 15.0. The highest BCUT2D eigenvalue weighted by molar-refractivity contribution is 5.67. The van der Waals surface area contributed by atoms with Crippen LogP contribution in [-0.4, -0.2) is 13.6 Å². The van der Waals surface area contributed by atoms with Crippen LogP contribution in [0.15, 0.2) is 54.9 Å². The molecule has 0 saturated carbocycles. The number of anilines is 2. The lowest BCUT2D eigenvalue weighted by molar-refractivity contribution is 0.897. The van der Waals surface area contributed by atoms with E-state index >= 15 is 0 Å². The van der Waals surface area contributed by atoms with E-state index in [0.29, 0.717) is 0 Å². The molecular formula is C19H22N2. The van der Waals surface area contributed by atoms with Crippen molar-refractivity contribution in [1.82, 2.24) is 0 Å². The van der Waals surface area contributed by atoms with E-state index in [-0.39, 0.29) is 0 Å². The van der Waals surface area contributed by atoms with Crippen molar-refractivity contribution in [1.29, 1.82) is 0 Å². The van der Waals surface area contributed by atoms with E-state index in [2.05, 4.69) is 79.7 Å². The third-order valence-corrected chi connectivity index (χ3v) is 4.52. The molecule has 2 aromatic carbocycles. The van der Waals surface area contributed by atoms with Gasteiger partial charge in [0.05, 0.1) is 0 Å². The molecule has 0 fully saturated rings. The minimum atomic E-state index is 1.01. The van der Waals surface area contributed by atoms with Crippen molar-refractivity contribution in [3.05, 3.63) is 71.6 Å². The molecule has 108 valence electrons. The predicted octanol–water partition coefficient (Wildman–Crippen LogP) is 4.27. The first-order valence-corrected chi connectivity index (χ1v) is 7.44. The Bertz CT molecular complexity index is 688. The Morgan fingerprint density at radius 1 is 1.10 bits per heavy atom. The van der Waals surface area contributed by atoms with Crippen LogP contribution in [0.25, 0.3) is 0 Å². The fourth-order valence-electron chi connectivity index (χ4n) is 3.03. The summed E-state index contributed by atoms with van der Waals surface area (Å²) in [6, 6.07) is 15.0. The van der Waals surface area contributed by atoms with Crippen molar-refractivity contribution in [2.45, 2.75) is 20.3 Å². The smallest absolute Gasteiger partial charge is 0.105 e. The van der Waals surface area contributed by atoms with Crippen LogP contribution in [0.2, 0.25) is 0 Å². The standard InChI is InChI=1S/C19H22N2/c1-14-8-7-11-18(15(14)2)20(4)16(3)21-13-12-17-9-5-6-10-19(17)21/h5-11H,3,12-13H2,1-2,4H3. The quantitative estimate of drug-likeness (QED) is 0.827. The Kier molecular flexibility index (Phi) is 3.46. The van der Waals surface area contributed by atoms with Gasteiger partial charge >= 0.3 is 0 Å². The van der Waals surface area contributed by atoms with Crippen LogP contribution < -0.4 is 9.80 Å². The molecule has 1 aliphatic heterocycles. The zero-order valence-corrected chi connectivity index (χ0v) is 13.1. The third kappa shape index (κ3) is 2.31. The van der Waals surface area contributed by atoms with Gasteiger partial charge in [0.15, 0.2) is 0 Å². The molecule has 1 aliphatic rings. The van der Waals surface area contributed by atoms with E-state index in [1.807, 2.05) is 0 Å². The first-order valence-electron chi connectivity index (χ1n) is 7.44. The molecule has 21 heavy (non-hydrogen) atoms. The van der Waals surface area contributed by atoms with E-state index in [9.17, 15) is 0 Å². The molecular weight excluding hydrogens is 256 g/mol. The lowest BCUT2D eigenvalue weighted by atomic mass is 10.1. The Morgan fingerprint density at radius 3 is 2.67 bits per heavy atom. The van der Waals surface area contributed by atoms with E-state index in [1.165, 1.54) is 28.1 Å². The molecule has 0 N–H and O–H groups in total. The summed E-state index contributed by atoms with van der Waals surface area (Å²) < 4.78 is 0. The highest BCUT2D eigenvalue weighted by atomic mass is 15.3. The maximum Gasteiger partial charge on any atom is 0.105 e. The fraction of sp³-hybridized carbons (Fsp3) is 0.263. The molecule has 0 radical (unpaired) electrons. The first-order chi connectivity index (χ1) is 10.1. The van der Waals surface area contributed by atoms with Crippen LogP contribution in [0.5, 0.6) is 0 Å². The summed E-state index contributed by atoms with van der Waals surface area (Å²) in [4.78, 5) is 4.52. The summed E-state index contributed by atoms with van der Waals surface area (Å²) in [7, 11) is 2.10. The molecule has 2 aromatic rings. The highest BCUT2D eigenvalue weighted by Crippen LogP contribution is 2.33. The molecule has 0 bridgehead atoms. The van der Waals surface area contributed by atoms with Crippen LogP contribution in [0.4, 0.5) is 11.4 Å². The number of rotatable bonds is 3. The van der Waals surface area contributed by atoms with E-state index in [4.69, 9.17) is 0 Å². The molecule has 0 saturated heterocycles. The second-order valence-corrected chi connectivity index (χ2v) is 5.72. The van der Waals surface area contributed by atoms with Crippen LogP contribution in [-0.2, 0) is 6.42 Å². The van der Waals surface area contributed by atoms with Gasteiger partial charge < -0.3 is 9.80 Å². The number of nitrogens with zero attached hydrogens (tertiary/aromatic N) is 2. The number of para-hydroxylation sites is 1. The molecule has 0 amide bonds. The average Bonchev–Trinajstić information content (AvgIpc) is 2.92. The van der Waals surface area contributed by atoms with E-state index in [1.54, 1.807) is 0 Å². The SMILES string of the molecule is C=C(N(C)c1cccc(C)c1C)N1CCc2ccccc21. The van der Waals surface area contributed by atoms with Crippen molar-refractivity contribution < 1.29 is 0 Å². The second kappa shape index (κ2) is 5.28. The van der Waals surface area contributed by atoms with Gasteiger partial charge in [-0.3, -0.25) is 0 Å². The first kappa shape index (κ1) is 13.7. The van der Waals surface area contributed by atoms with Crippen molar-refractivity contribution >= 4 is 11.4 Å². The molecule has 0 aliphatic carbocycles. The zero-order valence-electron chi connectivity index (χ0n) is 13.1. The van der Waals surface area contributed by atoms with Gasteiger partial charge in [-0.05, 0) is 49.1 Å². The topological polar surface area (TPSA) is 6.48 Å². The summed E-state index contributed by atoms with van der Waals surface area (Å²) in [6.45, 7) is 9.67. The van der Waals surface area contributed by atoms with Crippen LogP contribution in [0, 0.1) is 13.8 Å². The summed E-state index contributed by atoms with van der Waals surface area (Å²) in [6.07, 6.45) is 1.09. The van der Waals surface area contributed by atoms with Crippen molar-refractivity contribution in [3.8, 4) is 0 Å². The molecule has 2 nitrogen and oxygen atoms in total. The van der Waals surface area contributed by atoms with Crippen molar-refractivity contribution in [3.63, 3.8) is 0 Å². The van der Waals surface area contributed by atoms with E-state index < -0.39 is 0 Å². The highest BCUT2D eigenvalue weighted by Gasteiger charge is 2.23. The van der Waals surface area contributed by atoms with Gasteiger partial charge in [0.25, 0.3) is 0 Å². The van der Waals surface area contributed by atoms with Gasteiger partial charge in [0.1, 0.15) is 5.82 Å². The molecule has 0 spiro atoms. The predicted molar refractivity (Wildman–Crippen MR) is 91.0 cm³/mol. The molecule has 0 aromatic heterocycles. The second-order valence-electron chi connectivity index (χ2n) is 5.72. The molecule has 1 heterocycles. The fourth-order valence-corrected chi connectivity index (χ4v) is 3.03. The molecule has 0 atom stereocenters. The largest absolute Gasteiger partial charge is 0.331 e. The molecule has 0 unspecified atom stereocenters. The summed E-state index contributed by atoms with van der Waals surface area (Å²) in [5, 5.41) is 0. The van der Waals surface area contributed by atoms with Crippen molar-refractivity contribution in [2.75, 3.05) is 23.4 Å². The number of aryl methyl sites for hydroxylation is 1. The average molecular weight is 278 g/mol. The minimum Gasteiger partial charge on any atom is -0.331 e. The summed E-state index contributed by atoms with van der Waals surface area (Å²) in [5.41, 5.74) is 6.56. The normalized spacial score (nSPS) is 13.2. The summed E-state index contributed by atoms with van der Waals surface area (Å²) >= 11 is 0. The number of fused-ring (bicyclic) bond motifs is 1. The van der Waals surface area contributed by atoms with Gasteiger partial charge in [-0.15, -0.1) is 0 Å². The lowest BCUT2D eigenvalue weighted by Gasteiger charge is -2.31. The van der Waals surface area contributed by atoms with Gasteiger partial charge in [0, 0.05) is 25.0 Å². The Balaban J connectivity index is 1.91. The number of hydrogen-bond acceptors (Lipinski definition) is 2. The van der Waals surface area contributed by atoms with Crippen LogP contribution in [0.3, 0.4) is 0 Å². The third-order valence-electron chi connectivity index (χ3n) is 4.52. The van der Waals surface area contributed by atoms with Crippen molar-refractivity contribution in [2.24, 2.45) is 0 Å². The number of benzene rings is 2. The maximum absolute atomic E-state index is 4.33. The Labute approximate surface area is 127 Å². The maximum atomic E-state index is 4.33. The monoisotopic (exact) mass is 278 g/mol. The van der Waals surface area contributed by atoms with Gasteiger partial charge in [-0.2, -0.15) is 0 Å². The van der Waals surface area contributed by atoms with Gasteiger partial charge in [-0.1, -0.05) is 36.9 Å².